The van der Waals surface area contributed by atoms with E-state index in [0.29, 0.717) is 12.1 Å². The van der Waals surface area contributed by atoms with E-state index in [1.165, 1.54) is 6.07 Å². The van der Waals surface area contributed by atoms with Crippen molar-refractivity contribution in [1.29, 1.82) is 0 Å². The van der Waals surface area contributed by atoms with Crippen LogP contribution >= 0.6 is 0 Å². The number of hydrogen-bond acceptors (Lipinski definition) is 3. The first-order valence-corrected chi connectivity index (χ1v) is 6.14. The summed E-state index contributed by atoms with van der Waals surface area (Å²) in [4.78, 5) is 0. The molecule has 96 valence electrons. The average molecular weight is 248 g/mol. The Hall–Kier alpha value is -1.75. The molecule has 2 rings (SSSR count). The monoisotopic (exact) mass is 248 g/mol. The fraction of sp³-hybridized carbons (Fsp3) is 0.385. The van der Waals surface area contributed by atoms with Crippen LogP contribution in [-0.2, 0) is 13.1 Å². The second kappa shape index (κ2) is 5.73. The Kier molecular flexibility index (Phi) is 4.04. The van der Waals surface area contributed by atoms with Crippen molar-refractivity contribution < 1.29 is 4.39 Å². The lowest BCUT2D eigenvalue weighted by atomic mass is 10.1. The lowest BCUT2D eigenvalue weighted by molar-refractivity contribution is 0.593. The number of rotatable bonds is 5. The minimum Gasteiger partial charge on any atom is -0.313 e. The van der Waals surface area contributed by atoms with Gasteiger partial charge in [0.15, 0.2) is 0 Å². The highest BCUT2D eigenvalue weighted by molar-refractivity contribution is 5.59. The molecule has 0 radical (unpaired) electrons. The topological polar surface area (TPSA) is 42.7 Å². The summed E-state index contributed by atoms with van der Waals surface area (Å²) in [5.41, 5.74) is 2.52. The Morgan fingerprint density at radius 2 is 2.17 bits per heavy atom. The quantitative estimate of drug-likeness (QED) is 0.882. The van der Waals surface area contributed by atoms with Gasteiger partial charge in [-0.2, -0.15) is 0 Å². The molecule has 0 aliphatic rings. The molecule has 0 spiro atoms. The average Bonchev–Trinajstić information content (AvgIpc) is 2.86. The highest BCUT2D eigenvalue weighted by atomic mass is 19.1. The molecule has 18 heavy (non-hydrogen) atoms. The summed E-state index contributed by atoms with van der Waals surface area (Å²) in [6.07, 6.45) is 1.70. The molecule has 1 N–H and O–H groups in total. The van der Waals surface area contributed by atoms with Gasteiger partial charge in [0.05, 0.1) is 11.9 Å². The lowest BCUT2D eigenvalue weighted by Gasteiger charge is -2.08. The zero-order valence-corrected chi connectivity index (χ0v) is 10.7. The normalized spacial score (nSPS) is 10.8. The molecule has 2 aromatic rings. The number of hydrogen-bond donors (Lipinski definition) is 1. The molecule has 0 fully saturated rings. The molecule has 0 aliphatic carbocycles. The van der Waals surface area contributed by atoms with Gasteiger partial charge < -0.3 is 5.32 Å². The summed E-state index contributed by atoms with van der Waals surface area (Å²) in [7, 11) is 0. The van der Waals surface area contributed by atoms with Gasteiger partial charge in [-0.05, 0) is 31.7 Å². The van der Waals surface area contributed by atoms with Crippen molar-refractivity contribution in [2.75, 3.05) is 6.54 Å². The predicted octanol–water partition coefficient (Wildman–Crippen LogP) is 2.21. The van der Waals surface area contributed by atoms with Gasteiger partial charge in [0, 0.05) is 24.2 Å². The Labute approximate surface area is 106 Å². The Balaban J connectivity index is 2.34. The van der Waals surface area contributed by atoms with Crippen LogP contribution in [0.1, 0.15) is 19.4 Å². The van der Waals surface area contributed by atoms with Gasteiger partial charge in [0.1, 0.15) is 5.82 Å². The molecule has 0 saturated heterocycles. The predicted molar refractivity (Wildman–Crippen MR) is 68.5 cm³/mol. The third-order valence-electron chi connectivity index (χ3n) is 2.82. The molecule has 0 saturated carbocycles. The van der Waals surface area contributed by atoms with Crippen molar-refractivity contribution in [3.8, 4) is 11.3 Å². The van der Waals surface area contributed by atoms with E-state index < -0.39 is 0 Å². The van der Waals surface area contributed by atoms with Gasteiger partial charge in [-0.15, -0.1) is 5.10 Å². The third kappa shape index (κ3) is 2.56. The maximum atomic E-state index is 13.6. The first-order valence-electron chi connectivity index (χ1n) is 6.14. The van der Waals surface area contributed by atoms with Gasteiger partial charge in [-0.1, -0.05) is 12.1 Å². The number of halogens is 1. The third-order valence-corrected chi connectivity index (χ3v) is 2.82. The first kappa shape index (κ1) is 12.7. The second-order valence-corrected chi connectivity index (χ2v) is 4.02. The number of nitrogens with zero attached hydrogens (tertiary/aromatic N) is 3. The molecule has 0 unspecified atom stereocenters. The number of aromatic nitrogens is 3. The van der Waals surface area contributed by atoms with E-state index in [1.54, 1.807) is 16.9 Å². The highest BCUT2D eigenvalue weighted by Crippen LogP contribution is 2.21. The molecule has 5 heteroatoms. The van der Waals surface area contributed by atoms with Crippen LogP contribution in [0, 0.1) is 5.82 Å². The van der Waals surface area contributed by atoms with Crippen molar-refractivity contribution in [3.63, 3.8) is 0 Å². The zero-order chi connectivity index (χ0) is 13.0. The van der Waals surface area contributed by atoms with E-state index >= 15 is 0 Å². The maximum absolute atomic E-state index is 13.6. The van der Waals surface area contributed by atoms with E-state index in [1.807, 2.05) is 19.9 Å². The summed E-state index contributed by atoms with van der Waals surface area (Å²) in [5.74, 6) is -0.185. The molecular weight excluding hydrogens is 231 g/mol. The minimum absolute atomic E-state index is 0.185. The molecule has 4 nitrogen and oxygen atoms in total. The molecule has 0 bridgehead atoms. The van der Waals surface area contributed by atoms with Crippen LogP contribution in [0.5, 0.6) is 0 Å². The zero-order valence-electron chi connectivity index (χ0n) is 10.7. The van der Waals surface area contributed by atoms with Crippen LogP contribution < -0.4 is 5.32 Å². The van der Waals surface area contributed by atoms with Crippen LogP contribution in [0.25, 0.3) is 11.3 Å². The summed E-state index contributed by atoms with van der Waals surface area (Å²) in [6, 6.07) is 5.10. The van der Waals surface area contributed by atoms with E-state index in [2.05, 4.69) is 15.6 Å². The van der Waals surface area contributed by atoms with Crippen molar-refractivity contribution in [2.45, 2.75) is 26.9 Å². The van der Waals surface area contributed by atoms with Gasteiger partial charge in [0.2, 0.25) is 0 Å². The number of benzene rings is 1. The molecule has 1 aromatic heterocycles. The van der Waals surface area contributed by atoms with Crippen LogP contribution in [0.2, 0.25) is 0 Å². The van der Waals surface area contributed by atoms with Crippen LogP contribution in [0.3, 0.4) is 0 Å². The molecule has 0 amide bonds. The summed E-state index contributed by atoms with van der Waals surface area (Å²) >= 11 is 0. The minimum atomic E-state index is -0.185. The van der Waals surface area contributed by atoms with Crippen LogP contribution in [0.4, 0.5) is 4.39 Å². The van der Waals surface area contributed by atoms with Crippen LogP contribution in [0.15, 0.2) is 24.4 Å². The van der Waals surface area contributed by atoms with Gasteiger partial charge in [0.25, 0.3) is 0 Å². The summed E-state index contributed by atoms with van der Waals surface area (Å²) in [5, 5.41) is 11.0. The Morgan fingerprint density at radius 3 is 2.89 bits per heavy atom. The smallest absolute Gasteiger partial charge is 0.127 e. The fourth-order valence-corrected chi connectivity index (χ4v) is 1.84. The molecule has 1 aromatic carbocycles. The number of aryl methyl sites for hydroxylation is 1. The Morgan fingerprint density at radius 1 is 1.33 bits per heavy atom. The number of nitrogens with one attached hydrogen (secondary N) is 1. The lowest BCUT2D eigenvalue weighted by Crippen LogP contribution is -2.13. The van der Waals surface area contributed by atoms with Crippen molar-refractivity contribution in [2.24, 2.45) is 0 Å². The summed E-state index contributed by atoms with van der Waals surface area (Å²) < 4.78 is 15.4. The highest BCUT2D eigenvalue weighted by Gasteiger charge is 2.09. The van der Waals surface area contributed by atoms with Gasteiger partial charge in [-0.3, -0.25) is 0 Å². The summed E-state index contributed by atoms with van der Waals surface area (Å²) in [6.45, 7) is 6.09. The largest absolute Gasteiger partial charge is 0.313 e. The fourth-order valence-electron chi connectivity index (χ4n) is 1.84. The molecule has 0 aliphatic heterocycles. The van der Waals surface area contributed by atoms with Crippen LogP contribution in [-0.4, -0.2) is 21.5 Å². The van der Waals surface area contributed by atoms with Gasteiger partial charge >= 0.3 is 0 Å². The van der Waals surface area contributed by atoms with E-state index in [0.717, 1.165) is 24.3 Å². The first-order chi connectivity index (χ1) is 8.76. The maximum Gasteiger partial charge on any atom is 0.127 e. The van der Waals surface area contributed by atoms with E-state index in [-0.39, 0.29) is 5.82 Å². The van der Waals surface area contributed by atoms with Crippen molar-refractivity contribution in [1.82, 2.24) is 20.3 Å². The van der Waals surface area contributed by atoms with Crippen molar-refractivity contribution >= 4 is 0 Å². The second-order valence-electron chi connectivity index (χ2n) is 4.02. The Bertz CT molecular complexity index is 521. The SMILES string of the molecule is CCNCc1cc(-c2cnnn2CC)ccc1F. The standard InChI is InChI=1S/C13H17FN4/c1-3-15-8-11-7-10(5-6-12(11)14)13-9-16-17-18(13)4-2/h5-7,9,15H,3-4,8H2,1-2H3. The molecule has 0 atom stereocenters. The molecular formula is C13H17FN4. The van der Waals surface area contributed by atoms with Crippen molar-refractivity contribution in [3.05, 3.63) is 35.8 Å². The molecule has 1 heterocycles. The van der Waals surface area contributed by atoms with Gasteiger partial charge in [-0.25, -0.2) is 9.07 Å². The van der Waals surface area contributed by atoms with E-state index in [9.17, 15) is 4.39 Å². The van der Waals surface area contributed by atoms with E-state index in [4.69, 9.17) is 0 Å².